The van der Waals surface area contributed by atoms with Crippen LogP contribution in [-0.2, 0) is 25.7 Å². The van der Waals surface area contributed by atoms with Gasteiger partial charge in [-0.25, -0.2) is 0 Å². The van der Waals surface area contributed by atoms with E-state index in [1.807, 2.05) is 48.5 Å². The summed E-state index contributed by atoms with van der Waals surface area (Å²) >= 11 is 0. The van der Waals surface area contributed by atoms with Gasteiger partial charge in [-0.3, -0.25) is 29.2 Å². The van der Waals surface area contributed by atoms with Crippen LogP contribution in [0.2, 0.25) is 0 Å². The largest absolute Gasteiger partial charge is 0.506 e. The number of para-hydroxylation sites is 6. The number of aryl methyl sites for hydroxylation is 4. The van der Waals surface area contributed by atoms with E-state index in [0.29, 0.717) is 70.0 Å². The van der Waals surface area contributed by atoms with Crippen molar-refractivity contribution in [1.29, 1.82) is 0 Å². The molecule has 2 heterocycles. The Morgan fingerprint density at radius 3 is 1.04 bits per heavy atom. The first-order valence-corrected chi connectivity index (χ1v) is 33.7. The van der Waals surface area contributed by atoms with E-state index in [4.69, 9.17) is 19.5 Å². The van der Waals surface area contributed by atoms with E-state index in [2.05, 4.69) is 62.8 Å². The number of benzene rings is 7. The average Bonchev–Trinajstić information content (AvgIpc) is 1.39. The molecule has 0 unspecified atom stereocenters. The van der Waals surface area contributed by atoms with Crippen molar-refractivity contribution in [2.45, 2.75) is 182 Å². The first kappa shape index (κ1) is 67.4. The zero-order chi connectivity index (χ0) is 64.9. The van der Waals surface area contributed by atoms with Crippen molar-refractivity contribution in [3.63, 3.8) is 0 Å². The third-order valence-electron chi connectivity index (χ3n) is 17.7. The molecule has 4 amide bonds. The third kappa shape index (κ3) is 17.1. The van der Waals surface area contributed by atoms with Gasteiger partial charge in [0.1, 0.15) is 23.0 Å². The maximum atomic E-state index is 14.5. The van der Waals surface area contributed by atoms with E-state index >= 15 is 0 Å². The van der Waals surface area contributed by atoms with E-state index in [9.17, 15) is 29.4 Å². The number of aliphatic imine (C=N–C) groups is 2. The summed E-state index contributed by atoms with van der Waals surface area (Å²) in [6.07, 6.45) is 23.5. The molecule has 482 valence electrons. The number of amides is 4. The number of phenolic OH excluding ortho intramolecular Hbond substituents is 2. The number of fused-ring (bicyclic) bond motifs is 2. The number of nitrogens with one attached hydrogen (secondary N) is 4. The molecular formula is C78H92N6O8. The van der Waals surface area contributed by atoms with Crippen LogP contribution in [-0.4, -0.2) is 59.5 Å². The van der Waals surface area contributed by atoms with Crippen LogP contribution in [0.25, 0.3) is 0 Å². The van der Waals surface area contributed by atoms with Gasteiger partial charge in [-0.05, 0) is 146 Å². The lowest BCUT2D eigenvalue weighted by Crippen LogP contribution is -2.18. The summed E-state index contributed by atoms with van der Waals surface area (Å²) in [6, 6.07) is 36.1. The zero-order valence-corrected chi connectivity index (χ0v) is 54.7. The Morgan fingerprint density at radius 1 is 0.413 bits per heavy atom. The number of anilines is 4. The number of rotatable bonds is 32. The molecule has 14 heteroatoms. The van der Waals surface area contributed by atoms with Crippen molar-refractivity contribution in [3.05, 3.63) is 188 Å². The highest BCUT2D eigenvalue weighted by atomic mass is 16.5. The van der Waals surface area contributed by atoms with Gasteiger partial charge in [-0.1, -0.05) is 167 Å². The normalized spacial score (nSPS) is 14.0. The predicted molar refractivity (Wildman–Crippen MR) is 374 cm³/mol. The number of carbonyl (C=O) groups is 4. The van der Waals surface area contributed by atoms with Gasteiger partial charge >= 0.3 is 0 Å². The number of ether oxygens (including phenoxy) is 2. The van der Waals surface area contributed by atoms with E-state index in [1.54, 1.807) is 72.8 Å². The van der Waals surface area contributed by atoms with Crippen LogP contribution in [0, 0.1) is 0 Å². The van der Waals surface area contributed by atoms with Crippen LogP contribution in [0.1, 0.15) is 242 Å². The number of hydrogen-bond acceptors (Lipinski definition) is 10. The Balaban J connectivity index is 0.956. The molecule has 9 rings (SSSR count). The molecule has 14 nitrogen and oxygen atoms in total. The van der Waals surface area contributed by atoms with Gasteiger partial charge in [0.15, 0.2) is 0 Å². The maximum absolute atomic E-state index is 14.5. The highest BCUT2D eigenvalue weighted by molar-refractivity contribution is 6.14. The summed E-state index contributed by atoms with van der Waals surface area (Å²) in [6.45, 7) is 13.9. The average molecular weight is 1240 g/mol. The van der Waals surface area contributed by atoms with Gasteiger partial charge in [0.25, 0.3) is 23.6 Å². The van der Waals surface area contributed by atoms with E-state index in [0.717, 1.165) is 162 Å². The predicted octanol–water partition coefficient (Wildman–Crippen LogP) is 19.1. The molecule has 0 fully saturated rings. The Bertz CT molecular complexity index is 3550. The number of hydrogen-bond donors (Lipinski definition) is 6. The second-order valence-corrected chi connectivity index (χ2v) is 24.8. The summed E-state index contributed by atoms with van der Waals surface area (Å²) in [5.74, 6) is -0.976. The van der Waals surface area contributed by atoms with Gasteiger partial charge in [-0.15, -0.1) is 0 Å². The van der Waals surface area contributed by atoms with Crippen molar-refractivity contribution < 1.29 is 38.9 Å². The number of phenols is 2. The van der Waals surface area contributed by atoms with Crippen LogP contribution in [0.3, 0.4) is 0 Å². The smallest absolute Gasteiger partial charge is 0.259 e. The molecule has 92 heavy (non-hydrogen) atoms. The van der Waals surface area contributed by atoms with Gasteiger partial charge in [0, 0.05) is 46.5 Å². The van der Waals surface area contributed by atoms with E-state index in [-0.39, 0.29) is 57.4 Å². The minimum absolute atomic E-state index is 0.00632. The summed E-state index contributed by atoms with van der Waals surface area (Å²) in [5, 5.41) is 36.1. The number of carbonyl (C=O) groups excluding carboxylic acids is 4. The molecule has 0 aromatic heterocycles. The quantitative estimate of drug-likeness (QED) is 0.0177. The second-order valence-electron chi connectivity index (χ2n) is 24.8. The SMILES string of the molecule is CCCCCCc1cc(NC(=O)c2cccc(C=Nc3ccccc3N=Cc3cccc(C(=O)Nc4cc(CCCCCC)c(CCCCCC)cc4NC(=O)c4cccc5c4OC[C@H]5C)c3O)c2O)c(NC(=O)c2cccc3c2OC[C@H]3C)cc1CCCCCC. The van der Waals surface area contributed by atoms with Crippen molar-refractivity contribution in [3.8, 4) is 23.0 Å². The fourth-order valence-corrected chi connectivity index (χ4v) is 12.3. The van der Waals surface area contributed by atoms with E-state index in [1.165, 1.54) is 12.4 Å². The molecule has 0 aliphatic carbocycles. The van der Waals surface area contributed by atoms with Gasteiger partial charge in [0.05, 0.1) is 69.6 Å². The van der Waals surface area contributed by atoms with Crippen molar-refractivity contribution >= 4 is 70.2 Å². The topological polar surface area (TPSA) is 200 Å². The summed E-state index contributed by atoms with van der Waals surface area (Å²) < 4.78 is 12.0. The molecule has 7 aromatic rings. The molecule has 2 atom stereocenters. The molecule has 0 radical (unpaired) electrons. The Labute approximate surface area is 543 Å². The molecule has 2 aliphatic rings. The second kappa shape index (κ2) is 33.3. The minimum atomic E-state index is -0.573. The van der Waals surface area contributed by atoms with Crippen LogP contribution >= 0.6 is 0 Å². The van der Waals surface area contributed by atoms with Crippen LogP contribution < -0.4 is 30.7 Å². The molecule has 0 bridgehead atoms. The maximum Gasteiger partial charge on any atom is 0.259 e. The fourth-order valence-electron chi connectivity index (χ4n) is 12.3. The molecule has 0 saturated heterocycles. The van der Waals surface area contributed by atoms with Crippen LogP contribution in [0.4, 0.5) is 34.1 Å². The van der Waals surface area contributed by atoms with Gasteiger partial charge in [-0.2, -0.15) is 0 Å². The number of unbranched alkanes of at least 4 members (excludes halogenated alkanes) is 12. The lowest BCUT2D eigenvalue weighted by Gasteiger charge is -2.19. The highest BCUT2D eigenvalue weighted by Crippen LogP contribution is 2.41. The molecule has 0 spiro atoms. The molecule has 0 saturated carbocycles. The first-order chi connectivity index (χ1) is 44.8. The van der Waals surface area contributed by atoms with Gasteiger partial charge in [0.2, 0.25) is 0 Å². The van der Waals surface area contributed by atoms with Gasteiger partial charge < -0.3 is 41.0 Å². The lowest BCUT2D eigenvalue weighted by molar-refractivity contribution is 0.101. The minimum Gasteiger partial charge on any atom is -0.506 e. The summed E-state index contributed by atoms with van der Waals surface area (Å²) in [4.78, 5) is 66.9. The number of aromatic hydroxyl groups is 2. The standard InChI is InChI=1S/C78H92N6O8/c1-7-11-15-19-29-53-43-67(69(45-55(53)31-21-17-13-9-3)83-77(89)63-39-27-35-59-51(5)49-91-73(59)63)81-75(87)61-37-25-33-57(71(61)85)47-79-65-41-23-24-42-66(65)80-48-58-34-26-38-62(72(58)86)76(88)82-68-44-54(30-20-16-12-8-2)56(32-22-18-14-10-4)46-70(68)84-78(90)64-40-28-36-60-52(6)50-92-74(60)64/h23-28,33-48,51-52,85-86H,7-22,29-32,49-50H2,1-6H3,(H,81,87)(H,82,88)(H,83,89)(H,84,90)/t51-,52-/m1/s1. The first-order valence-electron chi connectivity index (χ1n) is 33.7. The Morgan fingerprint density at radius 2 is 0.717 bits per heavy atom. The number of nitrogens with zero attached hydrogens (tertiary/aromatic N) is 2. The summed E-state index contributed by atoms with van der Waals surface area (Å²) in [7, 11) is 0. The monoisotopic (exact) mass is 1240 g/mol. The summed E-state index contributed by atoms with van der Waals surface area (Å²) in [5.41, 5.74) is 10.5. The van der Waals surface area contributed by atoms with E-state index < -0.39 is 11.8 Å². The fraction of sp³-hybridized carbons (Fsp3) is 0.385. The van der Waals surface area contributed by atoms with Crippen molar-refractivity contribution in [2.75, 3.05) is 34.5 Å². The highest BCUT2D eigenvalue weighted by Gasteiger charge is 2.29. The Hall–Kier alpha value is -9.04. The molecule has 6 N–H and O–H groups in total. The zero-order valence-electron chi connectivity index (χ0n) is 54.7. The van der Waals surface area contributed by atoms with Crippen molar-refractivity contribution in [2.24, 2.45) is 9.98 Å². The van der Waals surface area contributed by atoms with Crippen LogP contribution in [0.5, 0.6) is 23.0 Å². The Kier molecular flexibility index (Phi) is 24.4. The lowest BCUT2D eigenvalue weighted by atomic mass is 9.94. The van der Waals surface area contributed by atoms with Crippen molar-refractivity contribution in [1.82, 2.24) is 0 Å². The molecular weight excluding hydrogens is 1150 g/mol. The molecule has 7 aromatic carbocycles. The third-order valence-corrected chi connectivity index (χ3v) is 17.7. The molecule has 2 aliphatic heterocycles. The van der Waals surface area contributed by atoms with Crippen LogP contribution in [0.15, 0.2) is 131 Å².